The summed E-state index contributed by atoms with van der Waals surface area (Å²) in [5.74, 6) is -0.722. The van der Waals surface area contributed by atoms with E-state index in [1.165, 1.54) is 0 Å². The lowest BCUT2D eigenvalue weighted by Crippen LogP contribution is -2.36. The van der Waals surface area contributed by atoms with Crippen LogP contribution in [0.4, 0.5) is 0 Å². The van der Waals surface area contributed by atoms with Crippen molar-refractivity contribution in [2.24, 2.45) is 0 Å². The standard InChI is InChI=1S/C10H17NO3/c12-10(13)9-4-3-7(11-9)6-8-2-1-5-14-8/h7-9,11H,1-6H2,(H,12,13). The van der Waals surface area contributed by atoms with E-state index in [1.807, 2.05) is 0 Å². The number of aliphatic carboxylic acids is 1. The van der Waals surface area contributed by atoms with E-state index < -0.39 is 5.97 Å². The SMILES string of the molecule is O=C(O)C1CCC(CC2CCCO2)N1. The number of ether oxygens (including phenoxy) is 1. The second kappa shape index (κ2) is 4.28. The topological polar surface area (TPSA) is 58.6 Å². The fourth-order valence-corrected chi connectivity index (χ4v) is 2.35. The molecule has 3 unspecified atom stereocenters. The van der Waals surface area contributed by atoms with Gasteiger partial charge in [-0.3, -0.25) is 4.79 Å². The van der Waals surface area contributed by atoms with E-state index in [4.69, 9.17) is 9.84 Å². The molecule has 0 spiro atoms. The molecule has 4 heteroatoms. The average Bonchev–Trinajstić information content (AvgIpc) is 2.75. The smallest absolute Gasteiger partial charge is 0.320 e. The van der Waals surface area contributed by atoms with E-state index in [-0.39, 0.29) is 6.04 Å². The Morgan fingerprint density at radius 1 is 1.43 bits per heavy atom. The summed E-state index contributed by atoms with van der Waals surface area (Å²) in [7, 11) is 0. The quantitative estimate of drug-likeness (QED) is 0.704. The molecular weight excluding hydrogens is 182 g/mol. The van der Waals surface area contributed by atoms with Crippen molar-refractivity contribution >= 4 is 5.97 Å². The molecule has 14 heavy (non-hydrogen) atoms. The minimum atomic E-state index is -0.722. The van der Waals surface area contributed by atoms with Gasteiger partial charge in [0.2, 0.25) is 0 Å². The van der Waals surface area contributed by atoms with Crippen LogP contribution in [-0.4, -0.2) is 35.9 Å². The van der Waals surface area contributed by atoms with E-state index in [2.05, 4.69) is 5.32 Å². The molecule has 2 N–H and O–H groups in total. The van der Waals surface area contributed by atoms with Gasteiger partial charge in [-0.15, -0.1) is 0 Å². The summed E-state index contributed by atoms with van der Waals surface area (Å²) < 4.78 is 5.52. The lowest BCUT2D eigenvalue weighted by Gasteiger charge is -2.16. The summed E-state index contributed by atoms with van der Waals surface area (Å²) in [6.07, 6.45) is 5.35. The molecule has 2 saturated heterocycles. The zero-order valence-electron chi connectivity index (χ0n) is 8.24. The summed E-state index contributed by atoms with van der Waals surface area (Å²) in [6.45, 7) is 0.875. The Labute approximate surface area is 83.6 Å². The third kappa shape index (κ3) is 2.25. The lowest BCUT2D eigenvalue weighted by molar-refractivity contribution is -0.139. The molecule has 2 aliphatic rings. The molecule has 0 aromatic carbocycles. The van der Waals surface area contributed by atoms with Crippen molar-refractivity contribution in [3.63, 3.8) is 0 Å². The van der Waals surface area contributed by atoms with Gasteiger partial charge >= 0.3 is 5.97 Å². The van der Waals surface area contributed by atoms with Crippen LogP contribution in [0.2, 0.25) is 0 Å². The Balaban J connectivity index is 1.75. The Morgan fingerprint density at radius 3 is 2.86 bits per heavy atom. The second-order valence-electron chi connectivity index (χ2n) is 4.20. The zero-order valence-corrected chi connectivity index (χ0v) is 8.24. The van der Waals surface area contributed by atoms with Crippen LogP contribution in [-0.2, 0) is 9.53 Å². The number of carboxylic acids is 1. The predicted molar refractivity (Wildman–Crippen MR) is 51.2 cm³/mol. The van der Waals surface area contributed by atoms with Gasteiger partial charge < -0.3 is 15.2 Å². The largest absolute Gasteiger partial charge is 0.480 e. The number of carbonyl (C=O) groups is 1. The summed E-state index contributed by atoms with van der Waals surface area (Å²) in [5, 5.41) is 11.9. The third-order valence-electron chi connectivity index (χ3n) is 3.11. The molecule has 2 fully saturated rings. The van der Waals surface area contributed by atoms with E-state index in [0.717, 1.165) is 38.7 Å². The zero-order chi connectivity index (χ0) is 9.97. The summed E-state index contributed by atoms with van der Waals surface area (Å²) in [4.78, 5) is 10.7. The summed E-state index contributed by atoms with van der Waals surface area (Å²) in [5.41, 5.74) is 0. The fraction of sp³-hybridized carbons (Fsp3) is 0.900. The van der Waals surface area contributed by atoms with Crippen molar-refractivity contribution in [2.75, 3.05) is 6.61 Å². The molecule has 0 aliphatic carbocycles. The van der Waals surface area contributed by atoms with Gasteiger partial charge in [0.05, 0.1) is 6.10 Å². The van der Waals surface area contributed by atoms with E-state index in [0.29, 0.717) is 12.1 Å². The first-order valence-electron chi connectivity index (χ1n) is 5.36. The third-order valence-corrected chi connectivity index (χ3v) is 3.11. The molecule has 0 saturated carbocycles. The first-order valence-corrected chi connectivity index (χ1v) is 5.36. The van der Waals surface area contributed by atoms with Crippen molar-refractivity contribution in [2.45, 2.75) is 50.3 Å². The number of nitrogens with one attached hydrogen (secondary N) is 1. The minimum absolute atomic E-state index is 0.332. The molecule has 80 valence electrons. The molecule has 0 amide bonds. The normalized spacial score (nSPS) is 37.6. The highest BCUT2D eigenvalue weighted by Crippen LogP contribution is 2.22. The Bertz CT molecular complexity index is 213. The minimum Gasteiger partial charge on any atom is -0.480 e. The number of hydrogen-bond acceptors (Lipinski definition) is 3. The van der Waals surface area contributed by atoms with E-state index in [1.54, 1.807) is 0 Å². The van der Waals surface area contributed by atoms with Gasteiger partial charge in [-0.2, -0.15) is 0 Å². The van der Waals surface area contributed by atoms with Gasteiger partial charge in [-0.1, -0.05) is 0 Å². The summed E-state index contributed by atoms with van der Waals surface area (Å²) in [6, 6.07) is 0.0144. The van der Waals surface area contributed by atoms with Crippen LogP contribution in [0, 0.1) is 0 Å². The van der Waals surface area contributed by atoms with Gasteiger partial charge in [0, 0.05) is 12.6 Å². The lowest BCUT2D eigenvalue weighted by atomic mass is 10.1. The van der Waals surface area contributed by atoms with Crippen molar-refractivity contribution in [3.05, 3.63) is 0 Å². The highest BCUT2D eigenvalue weighted by atomic mass is 16.5. The van der Waals surface area contributed by atoms with Gasteiger partial charge in [0.15, 0.2) is 0 Å². The van der Waals surface area contributed by atoms with E-state index >= 15 is 0 Å². The van der Waals surface area contributed by atoms with Crippen LogP contribution in [0.5, 0.6) is 0 Å². The van der Waals surface area contributed by atoms with Gasteiger partial charge in [0.25, 0.3) is 0 Å². The maximum Gasteiger partial charge on any atom is 0.320 e. The van der Waals surface area contributed by atoms with Crippen LogP contribution in [0.25, 0.3) is 0 Å². The molecule has 2 heterocycles. The number of carboxylic acid groups (broad SMARTS) is 1. The molecule has 4 nitrogen and oxygen atoms in total. The first kappa shape index (κ1) is 9.93. The molecule has 3 atom stereocenters. The molecule has 0 radical (unpaired) electrons. The predicted octanol–water partition coefficient (Wildman–Crippen LogP) is 0.761. The molecule has 0 bridgehead atoms. The first-order chi connectivity index (χ1) is 6.75. The second-order valence-corrected chi connectivity index (χ2v) is 4.20. The Morgan fingerprint density at radius 2 is 2.29 bits per heavy atom. The van der Waals surface area contributed by atoms with Crippen LogP contribution in [0.15, 0.2) is 0 Å². The number of rotatable bonds is 3. The van der Waals surface area contributed by atoms with E-state index in [9.17, 15) is 4.79 Å². The molecule has 2 rings (SSSR count). The van der Waals surface area contributed by atoms with Gasteiger partial charge in [-0.25, -0.2) is 0 Å². The maximum atomic E-state index is 10.7. The van der Waals surface area contributed by atoms with Crippen LogP contribution < -0.4 is 5.32 Å². The van der Waals surface area contributed by atoms with Crippen LogP contribution in [0.1, 0.15) is 32.1 Å². The van der Waals surface area contributed by atoms with Crippen molar-refractivity contribution in [1.82, 2.24) is 5.32 Å². The molecule has 0 aromatic rings. The monoisotopic (exact) mass is 199 g/mol. The van der Waals surface area contributed by atoms with Crippen LogP contribution in [0.3, 0.4) is 0 Å². The number of hydrogen-bond donors (Lipinski definition) is 2. The molecule has 0 aromatic heterocycles. The Hall–Kier alpha value is -0.610. The molecular formula is C10H17NO3. The van der Waals surface area contributed by atoms with Crippen LogP contribution >= 0.6 is 0 Å². The van der Waals surface area contributed by atoms with Crippen molar-refractivity contribution in [1.29, 1.82) is 0 Å². The van der Waals surface area contributed by atoms with Crippen molar-refractivity contribution in [3.8, 4) is 0 Å². The highest BCUT2D eigenvalue weighted by Gasteiger charge is 2.31. The van der Waals surface area contributed by atoms with Crippen molar-refractivity contribution < 1.29 is 14.6 Å². The Kier molecular flexibility index (Phi) is 3.03. The molecule has 2 aliphatic heterocycles. The average molecular weight is 199 g/mol. The highest BCUT2D eigenvalue weighted by molar-refractivity contribution is 5.73. The van der Waals surface area contributed by atoms with Gasteiger partial charge in [0.1, 0.15) is 6.04 Å². The fourth-order valence-electron chi connectivity index (χ4n) is 2.35. The summed E-state index contributed by atoms with van der Waals surface area (Å²) >= 11 is 0. The van der Waals surface area contributed by atoms with Gasteiger partial charge in [-0.05, 0) is 32.1 Å². The maximum absolute atomic E-state index is 10.7.